The zero-order chi connectivity index (χ0) is 19.8. The topological polar surface area (TPSA) is 73.9 Å². The largest absolute Gasteiger partial charge is 0.339 e. The highest BCUT2D eigenvalue weighted by Gasteiger charge is 2.30. The average molecular weight is 383 g/mol. The van der Waals surface area contributed by atoms with Crippen molar-refractivity contribution in [1.82, 2.24) is 25.2 Å². The standard InChI is InChI=1S/C23H21N5O/c1-24-18-13-28(14-18)23(29)20-9-5-8-19(26-20)17-10-16-11-21(27-22(16)25-12-17)15-6-3-2-4-7-15/h2-12,18,24H,13-14H2,1H3,(H,25,27). The number of H-pyrrole nitrogens is 1. The van der Waals surface area contributed by atoms with E-state index in [-0.39, 0.29) is 5.91 Å². The number of likely N-dealkylation sites (tertiary alicyclic amines) is 1. The van der Waals surface area contributed by atoms with Crippen LogP contribution in [0.5, 0.6) is 0 Å². The second-order valence-corrected chi connectivity index (χ2v) is 7.31. The molecule has 144 valence electrons. The molecule has 0 spiro atoms. The summed E-state index contributed by atoms with van der Waals surface area (Å²) < 4.78 is 0. The molecule has 0 aliphatic carbocycles. The Bertz CT molecular complexity index is 1180. The molecule has 1 saturated heterocycles. The van der Waals surface area contributed by atoms with Crippen LogP contribution in [-0.2, 0) is 0 Å². The number of fused-ring (bicyclic) bond motifs is 1. The van der Waals surface area contributed by atoms with E-state index < -0.39 is 0 Å². The predicted molar refractivity (Wildman–Crippen MR) is 114 cm³/mol. The minimum absolute atomic E-state index is 0.0274. The van der Waals surface area contributed by atoms with E-state index in [9.17, 15) is 4.79 Å². The number of hydrogen-bond donors (Lipinski definition) is 2. The fourth-order valence-corrected chi connectivity index (χ4v) is 3.63. The van der Waals surface area contributed by atoms with Crippen LogP contribution in [0.25, 0.3) is 33.5 Å². The molecule has 0 radical (unpaired) electrons. The van der Waals surface area contributed by atoms with E-state index >= 15 is 0 Å². The number of rotatable bonds is 4. The van der Waals surface area contributed by atoms with Gasteiger partial charge in [0.15, 0.2) is 0 Å². The number of nitrogens with one attached hydrogen (secondary N) is 2. The quantitative estimate of drug-likeness (QED) is 0.567. The van der Waals surface area contributed by atoms with Crippen LogP contribution in [-0.4, -0.2) is 51.9 Å². The first kappa shape index (κ1) is 17.6. The van der Waals surface area contributed by atoms with Gasteiger partial charge in [0, 0.05) is 42.0 Å². The molecule has 1 aromatic carbocycles. The van der Waals surface area contributed by atoms with Crippen LogP contribution in [0.2, 0.25) is 0 Å². The van der Waals surface area contributed by atoms with Crippen LogP contribution in [0.1, 0.15) is 10.5 Å². The number of amides is 1. The summed E-state index contributed by atoms with van der Waals surface area (Å²) in [5, 5.41) is 4.19. The van der Waals surface area contributed by atoms with Crippen molar-refractivity contribution in [3.8, 4) is 22.5 Å². The molecule has 0 bridgehead atoms. The first-order valence-electron chi connectivity index (χ1n) is 9.69. The predicted octanol–water partition coefficient (Wildman–Crippen LogP) is 3.34. The Hall–Kier alpha value is -3.51. The van der Waals surface area contributed by atoms with Gasteiger partial charge in [-0.3, -0.25) is 4.79 Å². The van der Waals surface area contributed by atoms with Crippen molar-refractivity contribution in [2.45, 2.75) is 6.04 Å². The molecule has 4 aromatic rings. The van der Waals surface area contributed by atoms with Crippen LogP contribution in [0.15, 0.2) is 66.9 Å². The summed E-state index contributed by atoms with van der Waals surface area (Å²) in [6.45, 7) is 1.45. The van der Waals surface area contributed by atoms with Gasteiger partial charge in [-0.05, 0) is 36.9 Å². The Morgan fingerprint density at radius 2 is 1.90 bits per heavy atom. The van der Waals surface area contributed by atoms with E-state index in [4.69, 9.17) is 0 Å². The number of carbonyl (C=O) groups excluding carboxylic acids is 1. The summed E-state index contributed by atoms with van der Waals surface area (Å²) in [7, 11) is 1.92. The lowest BCUT2D eigenvalue weighted by Crippen LogP contribution is -2.59. The fourth-order valence-electron chi connectivity index (χ4n) is 3.63. The third kappa shape index (κ3) is 3.28. The smallest absolute Gasteiger partial charge is 0.272 e. The van der Waals surface area contributed by atoms with Gasteiger partial charge in [0.1, 0.15) is 11.3 Å². The van der Waals surface area contributed by atoms with Crippen LogP contribution in [0, 0.1) is 0 Å². The number of likely N-dealkylation sites (N-methyl/N-ethyl adjacent to an activating group) is 1. The molecule has 1 aliphatic rings. The molecular weight excluding hydrogens is 362 g/mol. The Morgan fingerprint density at radius 1 is 1.07 bits per heavy atom. The van der Waals surface area contributed by atoms with Crippen molar-refractivity contribution in [3.05, 3.63) is 72.6 Å². The van der Waals surface area contributed by atoms with Crippen LogP contribution in [0.4, 0.5) is 0 Å². The van der Waals surface area contributed by atoms with Crippen LogP contribution >= 0.6 is 0 Å². The molecule has 29 heavy (non-hydrogen) atoms. The monoisotopic (exact) mass is 383 g/mol. The molecule has 3 aromatic heterocycles. The number of benzene rings is 1. The van der Waals surface area contributed by atoms with Crippen molar-refractivity contribution in [3.63, 3.8) is 0 Å². The van der Waals surface area contributed by atoms with Gasteiger partial charge in [-0.2, -0.15) is 0 Å². The van der Waals surface area contributed by atoms with Gasteiger partial charge in [-0.15, -0.1) is 0 Å². The highest BCUT2D eigenvalue weighted by molar-refractivity contribution is 5.94. The molecule has 6 nitrogen and oxygen atoms in total. The second kappa shape index (κ2) is 7.14. The number of nitrogens with zero attached hydrogens (tertiary/aromatic N) is 3. The van der Waals surface area contributed by atoms with E-state index in [0.29, 0.717) is 11.7 Å². The Kier molecular flexibility index (Phi) is 4.33. The molecule has 2 N–H and O–H groups in total. The molecule has 4 heterocycles. The Labute approximate surface area is 168 Å². The number of pyridine rings is 2. The zero-order valence-corrected chi connectivity index (χ0v) is 16.1. The molecule has 6 heteroatoms. The number of hydrogen-bond acceptors (Lipinski definition) is 4. The van der Waals surface area contributed by atoms with E-state index in [1.165, 1.54) is 0 Å². The van der Waals surface area contributed by atoms with Crippen molar-refractivity contribution in [2.24, 2.45) is 0 Å². The van der Waals surface area contributed by atoms with Gasteiger partial charge >= 0.3 is 0 Å². The summed E-state index contributed by atoms with van der Waals surface area (Å²) in [4.78, 5) is 27.0. The van der Waals surface area contributed by atoms with E-state index in [1.54, 1.807) is 12.3 Å². The Balaban J connectivity index is 1.44. The molecule has 1 fully saturated rings. The van der Waals surface area contributed by atoms with Crippen molar-refractivity contribution < 1.29 is 4.79 Å². The van der Waals surface area contributed by atoms with Gasteiger partial charge < -0.3 is 15.2 Å². The van der Waals surface area contributed by atoms with Crippen molar-refractivity contribution >= 4 is 16.9 Å². The summed E-state index contributed by atoms with van der Waals surface area (Å²) in [6, 6.07) is 20.3. The van der Waals surface area contributed by atoms with E-state index in [0.717, 1.165) is 46.6 Å². The number of carbonyl (C=O) groups is 1. The van der Waals surface area contributed by atoms with Crippen molar-refractivity contribution in [1.29, 1.82) is 0 Å². The summed E-state index contributed by atoms with van der Waals surface area (Å²) in [6.07, 6.45) is 1.80. The third-order valence-electron chi connectivity index (χ3n) is 5.40. The van der Waals surface area contributed by atoms with Gasteiger partial charge in [0.05, 0.1) is 5.69 Å². The first-order valence-corrected chi connectivity index (χ1v) is 9.69. The molecule has 1 amide bonds. The molecular formula is C23H21N5O. The minimum Gasteiger partial charge on any atom is -0.339 e. The van der Waals surface area contributed by atoms with Gasteiger partial charge in [0.25, 0.3) is 5.91 Å². The van der Waals surface area contributed by atoms with Gasteiger partial charge in [-0.1, -0.05) is 36.4 Å². The zero-order valence-electron chi connectivity index (χ0n) is 16.1. The normalized spacial score (nSPS) is 14.2. The van der Waals surface area contributed by atoms with E-state index in [2.05, 4.69) is 44.5 Å². The third-order valence-corrected chi connectivity index (χ3v) is 5.40. The molecule has 0 unspecified atom stereocenters. The molecule has 5 rings (SSSR count). The lowest BCUT2D eigenvalue weighted by molar-refractivity contribution is 0.0571. The fraction of sp³-hybridized carbons (Fsp3) is 0.174. The van der Waals surface area contributed by atoms with Gasteiger partial charge in [-0.25, -0.2) is 9.97 Å². The highest BCUT2D eigenvalue weighted by Crippen LogP contribution is 2.26. The summed E-state index contributed by atoms with van der Waals surface area (Å²) in [5.74, 6) is -0.0274. The lowest BCUT2D eigenvalue weighted by Gasteiger charge is -2.38. The molecule has 0 atom stereocenters. The van der Waals surface area contributed by atoms with Crippen molar-refractivity contribution in [2.75, 3.05) is 20.1 Å². The summed E-state index contributed by atoms with van der Waals surface area (Å²) in [5.41, 5.74) is 5.08. The SMILES string of the molecule is CNC1CN(C(=O)c2cccc(-c3cnc4[nH]c(-c5ccccc5)cc4c3)n2)C1. The first-order chi connectivity index (χ1) is 14.2. The second-order valence-electron chi connectivity index (χ2n) is 7.31. The van der Waals surface area contributed by atoms with Crippen LogP contribution in [0.3, 0.4) is 0 Å². The maximum absolute atomic E-state index is 12.7. The van der Waals surface area contributed by atoms with Crippen LogP contribution < -0.4 is 5.32 Å². The lowest BCUT2D eigenvalue weighted by atomic mass is 10.1. The number of aromatic amines is 1. The highest BCUT2D eigenvalue weighted by atomic mass is 16.2. The minimum atomic E-state index is -0.0274. The Morgan fingerprint density at radius 3 is 2.69 bits per heavy atom. The van der Waals surface area contributed by atoms with Gasteiger partial charge in [0.2, 0.25) is 0 Å². The summed E-state index contributed by atoms with van der Waals surface area (Å²) >= 11 is 0. The maximum Gasteiger partial charge on any atom is 0.272 e. The maximum atomic E-state index is 12.7. The molecule has 0 saturated carbocycles. The number of aromatic nitrogens is 3. The van der Waals surface area contributed by atoms with E-state index in [1.807, 2.05) is 42.3 Å². The average Bonchev–Trinajstić information content (AvgIpc) is 3.17. The molecule has 1 aliphatic heterocycles.